The number of nitrogens with one attached hydrogen (secondary N) is 1. The molecule has 0 aliphatic heterocycles. The van der Waals surface area contributed by atoms with Crippen LogP contribution in [0.2, 0.25) is 0 Å². The lowest BCUT2D eigenvalue weighted by atomic mass is 10.2. The molecule has 7 heteroatoms. The topological polar surface area (TPSA) is 75.3 Å². The van der Waals surface area contributed by atoms with Crippen molar-refractivity contribution >= 4 is 21.8 Å². The largest absolute Gasteiger partial charge is 0.507 e. The summed E-state index contributed by atoms with van der Waals surface area (Å²) < 4.78 is 26.0. The van der Waals surface area contributed by atoms with Crippen molar-refractivity contribution in [2.45, 2.75) is 5.92 Å². The fraction of sp³-hybridized carbons (Fsp3) is 0.300. The van der Waals surface area contributed by atoms with Gasteiger partial charge in [0.1, 0.15) is 5.75 Å². The number of phenolic OH excluding ortho intramolecular Hbond substituents is 1. The van der Waals surface area contributed by atoms with E-state index in [9.17, 15) is 18.7 Å². The van der Waals surface area contributed by atoms with Crippen molar-refractivity contribution in [2.75, 3.05) is 13.1 Å². The Labute approximate surface area is 105 Å². The smallest absolute Gasteiger partial charge is 0.277 e. The van der Waals surface area contributed by atoms with E-state index < -0.39 is 24.9 Å². The Morgan fingerprint density at radius 1 is 1.53 bits per heavy atom. The van der Waals surface area contributed by atoms with E-state index in [0.717, 1.165) is 0 Å². The number of carbonyl (C=O) groups is 1. The predicted molar refractivity (Wildman–Crippen MR) is 62.1 cm³/mol. The van der Waals surface area contributed by atoms with E-state index in [2.05, 4.69) is 15.9 Å². The van der Waals surface area contributed by atoms with E-state index in [-0.39, 0.29) is 11.3 Å². The minimum Gasteiger partial charge on any atom is -0.507 e. The van der Waals surface area contributed by atoms with Gasteiger partial charge < -0.3 is 16.2 Å². The molecule has 0 saturated heterocycles. The normalized spacial score (nSPS) is 11.3. The molecule has 0 aromatic heterocycles. The molecular formula is C10H11BrF2N2O2. The Balaban J connectivity index is 2.68. The third-order valence-electron chi connectivity index (χ3n) is 2.01. The van der Waals surface area contributed by atoms with Crippen molar-refractivity contribution in [2.24, 2.45) is 5.73 Å². The maximum Gasteiger partial charge on any atom is 0.277 e. The highest BCUT2D eigenvalue weighted by atomic mass is 79.9. The number of rotatable bonds is 4. The van der Waals surface area contributed by atoms with E-state index >= 15 is 0 Å². The van der Waals surface area contributed by atoms with Crippen LogP contribution in [-0.2, 0) is 0 Å². The van der Waals surface area contributed by atoms with Gasteiger partial charge in [0.25, 0.3) is 11.8 Å². The monoisotopic (exact) mass is 308 g/mol. The molecule has 0 unspecified atom stereocenters. The predicted octanol–water partition coefficient (Wildman–Crippen LogP) is 1.48. The number of hydrogen-bond donors (Lipinski definition) is 3. The summed E-state index contributed by atoms with van der Waals surface area (Å²) in [6.45, 7) is -1.67. The lowest BCUT2D eigenvalue weighted by molar-refractivity contribution is 0.0118. The van der Waals surface area contributed by atoms with Gasteiger partial charge in [-0.2, -0.15) is 0 Å². The van der Waals surface area contributed by atoms with Crippen molar-refractivity contribution in [1.82, 2.24) is 5.32 Å². The van der Waals surface area contributed by atoms with Gasteiger partial charge in [-0.25, -0.2) is 8.78 Å². The Morgan fingerprint density at radius 2 is 2.18 bits per heavy atom. The molecule has 1 rings (SSSR count). The van der Waals surface area contributed by atoms with Gasteiger partial charge in [-0.05, 0) is 34.1 Å². The van der Waals surface area contributed by atoms with Gasteiger partial charge in [0.05, 0.1) is 17.6 Å². The first-order valence-corrected chi connectivity index (χ1v) is 5.49. The molecule has 4 N–H and O–H groups in total. The second-order valence-electron chi connectivity index (χ2n) is 3.41. The summed E-state index contributed by atoms with van der Waals surface area (Å²) in [5.41, 5.74) is 4.92. The summed E-state index contributed by atoms with van der Waals surface area (Å²) in [5, 5.41) is 11.4. The van der Waals surface area contributed by atoms with Gasteiger partial charge in [0, 0.05) is 5.56 Å². The number of carbonyl (C=O) groups excluding carboxylic acids is 1. The molecule has 0 spiro atoms. The molecule has 0 aliphatic rings. The Bertz CT molecular complexity index is 427. The maximum atomic E-state index is 12.8. The highest BCUT2D eigenvalue weighted by Gasteiger charge is 2.27. The fourth-order valence-corrected chi connectivity index (χ4v) is 1.28. The number of nitrogens with two attached hydrogens (primary N) is 1. The van der Waals surface area contributed by atoms with Crippen LogP contribution in [0, 0.1) is 0 Å². The summed E-state index contributed by atoms with van der Waals surface area (Å²) in [7, 11) is 0. The molecule has 0 saturated carbocycles. The number of phenols is 1. The minimum absolute atomic E-state index is 0.0959. The molecule has 94 valence electrons. The second-order valence-corrected chi connectivity index (χ2v) is 4.26. The molecule has 0 fully saturated rings. The summed E-state index contributed by atoms with van der Waals surface area (Å²) in [6.07, 6.45) is 0. The SMILES string of the molecule is NCC(F)(F)CNC(=O)c1ccc(Br)c(O)c1. The number of hydrogen-bond acceptors (Lipinski definition) is 3. The van der Waals surface area contributed by atoms with Crippen LogP contribution in [0.1, 0.15) is 10.4 Å². The average Bonchev–Trinajstić information content (AvgIpc) is 2.30. The molecule has 0 aliphatic carbocycles. The van der Waals surface area contributed by atoms with E-state index in [1.165, 1.54) is 18.2 Å². The number of alkyl halides is 2. The van der Waals surface area contributed by atoms with Crippen LogP contribution in [0.25, 0.3) is 0 Å². The van der Waals surface area contributed by atoms with Crippen LogP contribution in [0.15, 0.2) is 22.7 Å². The minimum atomic E-state index is -3.13. The van der Waals surface area contributed by atoms with Crippen molar-refractivity contribution in [3.8, 4) is 5.75 Å². The summed E-state index contributed by atoms with van der Waals surface area (Å²) in [6, 6.07) is 4.03. The second kappa shape index (κ2) is 5.42. The first kappa shape index (κ1) is 13.9. The van der Waals surface area contributed by atoms with Crippen LogP contribution in [0.5, 0.6) is 5.75 Å². The highest BCUT2D eigenvalue weighted by Crippen LogP contribution is 2.24. The number of halogens is 3. The molecule has 4 nitrogen and oxygen atoms in total. The van der Waals surface area contributed by atoms with Gasteiger partial charge in [-0.15, -0.1) is 0 Å². The van der Waals surface area contributed by atoms with Crippen LogP contribution in [0.4, 0.5) is 8.78 Å². The zero-order chi connectivity index (χ0) is 13.1. The van der Waals surface area contributed by atoms with Gasteiger partial charge in [-0.3, -0.25) is 4.79 Å². The van der Waals surface area contributed by atoms with E-state index in [0.29, 0.717) is 4.47 Å². The molecule has 0 atom stereocenters. The average molecular weight is 309 g/mol. The quantitative estimate of drug-likeness (QED) is 0.788. The van der Waals surface area contributed by atoms with E-state index in [1.54, 1.807) is 0 Å². The Kier molecular flexibility index (Phi) is 4.41. The lowest BCUT2D eigenvalue weighted by Crippen LogP contribution is -2.41. The zero-order valence-electron chi connectivity index (χ0n) is 8.71. The van der Waals surface area contributed by atoms with Gasteiger partial charge in [0.2, 0.25) is 0 Å². The van der Waals surface area contributed by atoms with Gasteiger partial charge >= 0.3 is 0 Å². The maximum absolute atomic E-state index is 12.8. The van der Waals surface area contributed by atoms with Crippen LogP contribution >= 0.6 is 15.9 Å². The van der Waals surface area contributed by atoms with Crippen LogP contribution < -0.4 is 11.1 Å². The first-order valence-electron chi connectivity index (χ1n) is 4.70. The standard InChI is InChI=1S/C10H11BrF2N2O2/c11-7-2-1-6(3-8(7)16)9(17)15-5-10(12,13)4-14/h1-3,16H,4-5,14H2,(H,15,17). The summed E-state index contributed by atoms with van der Waals surface area (Å²) in [5.74, 6) is -3.96. The number of benzene rings is 1. The van der Waals surface area contributed by atoms with Crippen molar-refractivity contribution < 1.29 is 18.7 Å². The zero-order valence-corrected chi connectivity index (χ0v) is 10.3. The summed E-state index contributed by atoms with van der Waals surface area (Å²) >= 11 is 3.04. The van der Waals surface area contributed by atoms with Crippen LogP contribution in [-0.4, -0.2) is 30.0 Å². The number of aromatic hydroxyl groups is 1. The van der Waals surface area contributed by atoms with Crippen molar-refractivity contribution in [3.05, 3.63) is 28.2 Å². The highest BCUT2D eigenvalue weighted by molar-refractivity contribution is 9.10. The van der Waals surface area contributed by atoms with Gasteiger partial charge in [0.15, 0.2) is 0 Å². The first-order chi connectivity index (χ1) is 7.85. The third-order valence-corrected chi connectivity index (χ3v) is 2.69. The number of amides is 1. The molecule has 17 heavy (non-hydrogen) atoms. The van der Waals surface area contributed by atoms with E-state index in [1.807, 2.05) is 5.32 Å². The lowest BCUT2D eigenvalue weighted by Gasteiger charge is -2.14. The van der Waals surface area contributed by atoms with Gasteiger partial charge in [-0.1, -0.05) is 0 Å². The molecule has 1 aromatic carbocycles. The molecule has 1 aromatic rings. The molecule has 0 radical (unpaired) electrons. The third kappa shape index (κ3) is 3.94. The van der Waals surface area contributed by atoms with Crippen molar-refractivity contribution in [3.63, 3.8) is 0 Å². The molecule has 0 heterocycles. The van der Waals surface area contributed by atoms with Crippen molar-refractivity contribution in [1.29, 1.82) is 0 Å². The van der Waals surface area contributed by atoms with Crippen LogP contribution in [0.3, 0.4) is 0 Å². The van der Waals surface area contributed by atoms with E-state index in [4.69, 9.17) is 5.73 Å². The molecule has 0 bridgehead atoms. The summed E-state index contributed by atoms with van der Waals surface area (Å²) in [4.78, 5) is 11.5. The Morgan fingerprint density at radius 3 is 2.71 bits per heavy atom. The fourth-order valence-electron chi connectivity index (χ4n) is 1.04. The Hall–Kier alpha value is -1.21. The molecule has 1 amide bonds. The molecular weight excluding hydrogens is 298 g/mol.